The fraction of sp³-hybridized carbons (Fsp3) is 0.293. The lowest BCUT2D eigenvalue weighted by molar-refractivity contribution is -0.142. The van der Waals surface area contributed by atoms with Crippen molar-refractivity contribution in [2.75, 3.05) is 10.6 Å². The minimum atomic E-state index is -1.29. The molecule has 1 heterocycles. The third-order valence-corrected chi connectivity index (χ3v) is 9.32. The molecule has 0 saturated carbocycles. The number of para-hydroxylation sites is 1. The predicted octanol–water partition coefficient (Wildman–Crippen LogP) is 7.32. The highest BCUT2D eigenvalue weighted by molar-refractivity contribution is 6.09. The Balaban J connectivity index is 1.37. The SMILES string of the molecule is Cc1ccccc1NC(=O)Nc1ccc(CN2C(=O)N([C@@H](CC(C)C)C(=O)N[C@H](c3ccccc3)C(C(=O)O)c3ccccc3)C(=O)C2(C)C)cc1. The van der Waals surface area contributed by atoms with Crippen molar-refractivity contribution in [3.8, 4) is 0 Å². The first-order valence-corrected chi connectivity index (χ1v) is 17.3. The maximum atomic E-state index is 14.3. The van der Waals surface area contributed by atoms with Gasteiger partial charge >= 0.3 is 18.0 Å². The van der Waals surface area contributed by atoms with Gasteiger partial charge in [-0.3, -0.25) is 14.4 Å². The van der Waals surface area contributed by atoms with Crippen molar-refractivity contribution >= 4 is 41.2 Å². The van der Waals surface area contributed by atoms with Gasteiger partial charge in [0.25, 0.3) is 5.91 Å². The van der Waals surface area contributed by atoms with E-state index < -0.39 is 53.4 Å². The summed E-state index contributed by atoms with van der Waals surface area (Å²) in [6, 6.07) is 28.7. The first-order valence-electron chi connectivity index (χ1n) is 17.3. The lowest BCUT2D eigenvalue weighted by atomic mass is 9.86. The van der Waals surface area contributed by atoms with Gasteiger partial charge in [0, 0.05) is 17.9 Å². The summed E-state index contributed by atoms with van der Waals surface area (Å²) in [5.74, 6) is -3.51. The normalized spacial score (nSPS) is 15.6. The summed E-state index contributed by atoms with van der Waals surface area (Å²) in [6.07, 6.45) is 0.169. The van der Waals surface area contributed by atoms with E-state index in [0.717, 1.165) is 10.5 Å². The zero-order valence-corrected chi connectivity index (χ0v) is 30.0. The van der Waals surface area contributed by atoms with E-state index in [-0.39, 0.29) is 18.9 Å². The number of carboxylic acids is 1. The molecule has 4 aromatic rings. The number of imide groups is 1. The van der Waals surface area contributed by atoms with Gasteiger partial charge in [-0.15, -0.1) is 0 Å². The largest absolute Gasteiger partial charge is 0.481 e. The summed E-state index contributed by atoms with van der Waals surface area (Å²) < 4.78 is 0. The molecule has 1 aliphatic heterocycles. The average molecular weight is 704 g/mol. The number of amides is 6. The second kappa shape index (κ2) is 15.9. The van der Waals surface area contributed by atoms with Crippen LogP contribution in [0.4, 0.5) is 21.0 Å². The Hall–Kier alpha value is -5.97. The number of nitrogens with one attached hydrogen (secondary N) is 3. The molecule has 11 nitrogen and oxygen atoms in total. The summed E-state index contributed by atoms with van der Waals surface area (Å²) in [5.41, 5.74) is 2.65. The molecular weight excluding hydrogens is 658 g/mol. The van der Waals surface area contributed by atoms with Crippen LogP contribution in [0.3, 0.4) is 0 Å². The number of rotatable bonds is 13. The Morgan fingerprint density at radius 1 is 0.769 bits per heavy atom. The lowest BCUT2D eigenvalue weighted by Crippen LogP contribution is -2.52. The fourth-order valence-electron chi connectivity index (χ4n) is 6.46. The van der Waals surface area contributed by atoms with Crippen LogP contribution in [0.2, 0.25) is 0 Å². The molecule has 52 heavy (non-hydrogen) atoms. The van der Waals surface area contributed by atoms with Gasteiger partial charge in [-0.25, -0.2) is 14.5 Å². The highest BCUT2D eigenvalue weighted by Crippen LogP contribution is 2.35. The number of hydrogen-bond acceptors (Lipinski definition) is 5. The summed E-state index contributed by atoms with van der Waals surface area (Å²) in [5, 5.41) is 19.0. The van der Waals surface area contributed by atoms with E-state index in [1.54, 1.807) is 98.8 Å². The zero-order valence-electron chi connectivity index (χ0n) is 30.0. The highest BCUT2D eigenvalue weighted by Gasteiger charge is 2.55. The van der Waals surface area contributed by atoms with Crippen LogP contribution < -0.4 is 16.0 Å². The Morgan fingerprint density at radius 3 is 1.92 bits per heavy atom. The summed E-state index contributed by atoms with van der Waals surface area (Å²) in [6.45, 7) is 9.05. The molecular formula is C41H45N5O6. The quantitative estimate of drug-likeness (QED) is 0.107. The smallest absolute Gasteiger partial charge is 0.328 e. The molecule has 1 saturated heterocycles. The molecule has 1 fully saturated rings. The number of urea groups is 2. The summed E-state index contributed by atoms with van der Waals surface area (Å²) in [4.78, 5) is 70.4. The number of carboxylic acid groups (broad SMARTS) is 1. The van der Waals surface area contributed by atoms with E-state index in [2.05, 4.69) is 16.0 Å². The van der Waals surface area contributed by atoms with Crippen LogP contribution in [0, 0.1) is 12.8 Å². The molecule has 0 aromatic heterocycles. The number of carbonyl (C=O) groups excluding carboxylic acids is 4. The van der Waals surface area contributed by atoms with Gasteiger partial charge in [0.1, 0.15) is 17.5 Å². The van der Waals surface area contributed by atoms with E-state index in [9.17, 15) is 29.1 Å². The van der Waals surface area contributed by atoms with Crippen molar-refractivity contribution in [1.29, 1.82) is 0 Å². The van der Waals surface area contributed by atoms with Gasteiger partial charge < -0.3 is 26.0 Å². The van der Waals surface area contributed by atoms with Gasteiger partial charge in [0.15, 0.2) is 0 Å². The van der Waals surface area contributed by atoms with Crippen molar-refractivity contribution < 1.29 is 29.1 Å². The van der Waals surface area contributed by atoms with Crippen molar-refractivity contribution in [2.24, 2.45) is 5.92 Å². The van der Waals surface area contributed by atoms with E-state index in [1.807, 2.05) is 45.0 Å². The Morgan fingerprint density at radius 2 is 1.35 bits per heavy atom. The molecule has 0 bridgehead atoms. The van der Waals surface area contributed by atoms with Gasteiger partial charge in [0.05, 0.1) is 6.04 Å². The summed E-state index contributed by atoms with van der Waals surface area (Å²) >= 11 is 0. The first-order chi connectivity index (χ1) is 24.8. The molecule has 270 valence electrons. The van der Waals surface area contributed by atoms with Crippen LogP contribution in [-0.4, -0.2) is 56.3 Å². The number of anilines is 2. The number of hydrogen-bond donors (Lipinski definition) is 4. The molecule has 5 rings (SSSR count). The van der Waals surface area contributed by atoms with Crippen LogP contribution in [0.15, 0.2) is 109 Å². The molecule has 0 radical (unpaired) electrons. The molecule has 1 unspecified atom stereocenters. The van der Waals surface area contributed by atoms with Crippen LogP contribution in [0.25, 0.3) is 0 Å². The minimum Gasteiger partial charge on any atom is -0.481 e. The number of carbonyl (C=O) groups is 5. The van der Waals surface area contributed by atoms with Crippen LogP contribution in [0.5, 0.6) is 0 Å². The molecule has 1 aliphatic rings. The fourth-order valence-corrected chi connectivity index (χ4v) is 6.46. The van der Waals surface area contributed by atoms with Gasteiger partial charge in [-0.05, 0) is 73.6 Å². The number of benzene rings is 4. The number of aliphatic carboxylic acids is 1. The average Bonchev–Trinajstić information content (AvgIpc) is 3.27. The van der Waals surface area contributed by atoms with Crippen molar-refractivity contribution in [3.63, 3.8) is 0 Å². The number of aryl methyl sites for hydroxylation is 1. The topological polar surface area (TPSA) is 148 Å². The third-order valence-electron chi connectivity index (χ3n) is 9.32. The summed E-state index contributed by atoms with van der Waals surface area (Å²) in [7, 11) is 0. The predicted molar refractivity (Wildman–Crippen MR) is 200 cm³/mol. The van der Waals surface area contributed by atoms with Gasteiger partial charge in [-0.1, -0.05) is 105 Å². The molecule has 4 N–H and O–H groups in total. The van der Waals surface area contributed by atoms with E-state index in [1.165, 1.54) is 4.90 Å². The standard InChI is InChI=1S/C41H45N5O6/c1-26(2)24-33(36(47)44-35(30-17-10-7-11-18-30)34(37(48)49)29-15-8-6-9-16-29)46-38(50)41(4,5)45(40(46)52)25-28-20-22-31(23-21-28)42-39(51)43-32-19-13-12-14-27(32)3/h6-23,26,33-35H,24-25H2,1-5H3,(H,44,47)(H,48,49)(H2,42,43,51)/t33-,34?,35+/m0/s1. The Bertz CT molecular complexity index is 1910. The van der Waals surface area contributed by atoms with Crippen LogP contribution in [-0.2, 0) is 20.9 Å². The molecule has 11 heteroatoms. The second-order valence-corrected chi connectivity index (χ2v) is 14.0. The maximum absolute atomic E-state index is 14.3. The number of nitrogens with zero attached hydrogens (tertiary/aromatic N) is 2. The zero-order chi connectivity index (χ0) is 37.6. The van der Waals surface area contributed by atoms with Crippen LogP contribution >= 0.6 is 0 Å². The third kappa shape index (κ3) is 8.31. The maximum Gasteiger partial charge on any atom is 0.328 e. The van der Waals surface area contributed by atoms with E-state index >= 15 is 0 Å². The second-order valence-electron chi connectivity index (χ2n) is 14.0. The van der Waals surface area contributed by atoms with Crippen molar-refractivity contribution in [2.45, 2.75) is 71.1 Å². The minimum absolute atomic E-state index is 0.0709. The van der Waals surface area contributed by atoms with E-state index in [4.69, 9.17) is 0 Å². The first kappa shape index (κ1) is 37.3. The lowest BCUT2D eigenvalue weighted by Gasteiger charge is -2.31. The van der Waals surface area contributed by atoms with Crippen LogP contribution in [0.1, 0.15) is 68.3 Å². The van der Waals surface area contributed by atoms with Crippen molar-refractivity contribution in [1.82, 2.24) is 15.1 Å². The molecule has 3 atom stereocenters. The monoisotopic (exact) mass is 703 g/mol. The molecule has 0 aliphatic carbocycles. The van der Waals surface area contributed by atoms with Gasteiger partial charge in [-0.2, -0.15) is 0 Å². The van der Waals surface area contributed by atoms with Gasteiger partial charge in [0.2, 0.25) is 5.91 Å². The Labute approximate surface area is 304 Å². The highest BCUT2D eigenvalue weighted by atomic mass is 16.4. The molecule has 0 spiro atoms. The molecule has 4 aromatic carbocycles. The molecule has 6 amide bonds. The van der Waals surface area contributed by atoms with E-state index in [0.29, 0.717) is 28.1 Å². The Kier molecular flexibility index (Phi) is 11.4. The van der Waals surface area contributed by atoms with Crippen molar-refractivity contribution in [3.05, 3.63) is 131 Å².